The van der Waals surface area contributed by atoms with Crippen molar-refractivity contribution in [2.45, 2.75) is 127 Å². The molecule has 0 bridgehead atoms. The van der Waals surface area contributed by atoms with Gasteiger partial charge in [0, 0.05) is 47.3 Å². The van der Waals surface area contributed by atoms with E-state index in [1.165, 1.54) is 28.8 Å². The van der Waals surface area contributed by atoms with Gasteiger partial charge in [0.1, 0.15) is 23.9 Å². The molecular weight excluding hydrogens is 523 g/mol. The van der Waals surface area contributed by atoms with Gasteiger partial charge in [0.05, 0.1) is 11.3 Å². The molecule has 1 aromatic heterocycles. The van der Waals surface area contributed by atoms with Crippen LogP contribution in [0.15, 0.2) is 12.1 Å². The summed E-state index contributed by atoms with van der Waals surface area (Å²) in [5.41, 5.74) is 12.6. The number of aryl methyl sites for hydroxylation is 1. The lowest BCUT2D eigenvalue weighted by Crippen LogP contribution is -2.64. The van der Waals surface area contributed by atoms with Crippen molar-refractivity contribution < 1.29 is 4.39 Å². The highest BCUT2D eigenvalue weighted by Crippen LogP contribution is 2.53. The lowest BCUT2D eigenvalue weighted by atomic mass is 9.59. The van der Waals surface area contributed by atoms with Crippen molar-refractivity contribution in [2.24, 2.45) is 5.92 Å². The zero-order valence-corrected chi connectivity index (χ0v) is 26.0. The molecule has 5 atom stereocenters. The van der Waals surface area contributed by atoms with Gasteiger partial charge in [-0.1, -0.05) is 19.9 Å². The predicted molar refractivity (Wildman–Crippen MR) is 166 cm³/mol. The fourth-order valence-corrected chi connectivity index (χ4v) is 9.75. The first-order valence-corrected chi connectivity index (χ1v) is 16.5. The molecule has 1 aromatic carbocycles. The quantitative estimate of drug-likeness (QED) is 0.420. The van der Waals surface area contributed by atoms with Crippen molar-refractivity contribution in [3.63, 3.8) is 0 Å². The van der Waals surface area contributed by atoms with E-state index in [4.69, 9.17) is 15.7 Å². The molecule has 2 aliphatic carbocycles. The van der Waals surface area contributed by atoms with E-state index in [9.17, 15) is 9.65 Å². The molecule has 5 unspecified atom stereocenters. The fraction of sp³-hybridized carbons (Fsp3) is 0.686. The molecule has 6 nitrogen and oxygen atoms in total. The Bertz CT molecular complexity index is 1450. The van der Waals surface area contributed by atoms with E-state index in [-0.39, 0.29) is 16.5 Å². The maximum absolute atomic E-state index is 14.5. The van der Waals surface area contributed by atoms with Gasteiger partial charge < -0.3 is 10.6 Å². The zero-order chi connectivity index (χ0) is 29.4. The maximum Gasteiger partial charge on any atom is 0.136 e. The number of nitrogens with two attached hydrogens (primary N) is 1. The molecule has 7 rings (SSSR count). The topological polar surface area (TPSA) is 82.1 Å². The number of nitrogen functional groups attached to an aromatic ring is 1. The molecule has 4 heterocycles. The second-order valence-electron chi connectivity index (χ2n) is 14.8. The first-order valence-electron chi connectivity index (χ1n) is 16.5. The van der Waals surface area contributed by atoms with Gasteiger partial charge in [-0.2, -0.15) is 5.26 Å². The summed E-state index contributed by atoms with van der Waals surface area (Å²) in [7, 11) is 0. The highest BCUT2D eigenvalue weighted by atomic mass is 19.1. The number of hydrogen-bond donors (Lipinski definition) is 1. The molecule has 1 spiro atoms. The number of benzene rings is 1. The molecule has 224 valence electrons. The van der Waals surface area contributed by atoms with Gasteiger partial charge in [0.25, 0.3) is 0 Å². The Labute approximate surface area is 250 Å². The van der Waals surface area contributed by atoms with E-state index < -0.39 is 6.17 Å². The third-order valence-corrected chi connectivity index (χ3v) is 12.4. The van der Waals surface area contributed by atoms with Gasteiger partial charge in [-0.15, -0.1) is 0 Å². The van der Waals surface area contributed by atoms with Crippen molar-refractivity contribution in [1.29, 1.82) is 5.26 Å². The fourth-order valence-electron chi connectivity index (χ4n) is 9.75. The number of nitrogens with zero attached hydrogens (tertiary/aromatic N) is 5. The lowest BCUT2D eigenvalue weighted by Gasteiger charge is -2.57. The number of halogens is 1. The summed E-state index contributed by atoms with van der Waals surface area (Å²) in [6.45, 7) is 11.9. The number of anilines is 2. The first-order chi connectivity index (χ1) is 20.1. The molecule has 0 amide bonds. The summed E-state index contributed by atoms with van der Waals surface area (Å²) in [6.07, 6.45) is 9.97. The van der Waals surface area contributed by atoms with Gasteiger partial charge in [0.15, 0.2) is 0 Å². The normalized spacial score (nSPS) is 33.1. The van der Waals surface area contributed by atoms with Crippen LogP contribution in [0.3, 0.4) is 0 Å². The van der Waals surface area contributed by atoms with Crippen LogP contribution < -0.4 is 10.6 Å². The monoisotopic (exact) mass is 570 g/mol. The second kappa shape index (κ2) is 9.91. The molecule has 7 heteroatoms. The summed E-state index contributed by atoms with van der Waals surface area (Å²) < 4.78 is 14.5. The SMILES string of the molecule is CCC1CN(c2nc(CCC34CCCN3CC(F)C4)nc3c2CCC2(CCC(C)c4ccc(N)c(C#N)c42)C3)C1(C)C. The molecule has 2 aromatic rings. The highest BCUT2D eigenvalue weighted by molar-refractivity contribution is 5.65. The number of alkyl halides is 1. The smallest absolute Gasteiger partial charge is 0.136 e. The number of fused-ring (bicyclic) bond motifs is 4. The van der Waals surface area contributed by atoms with Crippen LogP contribution in [0.4, 0.5) is 15.9 Å². The van der Waals surface area contributed by atoms with Crippen LogP contribution in [-0.4, -0.2) is 51.8 Å². The number of nitriles is 1. The van der Waals surface area contributed by atoms with E-state index in [1.807, 2.05) is 6.07 Å². The van der Waals surface area contributed by atoms with E-state index in [1.54, 1.807) is 0 Å². The van der Waals surface area contributed by atoms with Crippen molar-refractivity contribution in [3.8, 4) is 6.07 Å². The molecule has 0 saturated carbocycles. The molecule has 3 fully saturated rings. The van der Waals surface area contributed by atoms with Gasteiger partial charge >= 0.3 is 0 Å². The largest absolute Gasteiger partial charge is 0.398 e. The number of hydrogen-bond acceptors (Lipinski definition) is 6. The van der Waals surface area contributed by atoms with Crippen molar-refractivity contribution in [2.75, 3.05) is 30.3 Å². The van der Waals surface area contributed by atoms with Gasteiger partial charge in [-0.05, 0) is 114 Å². The van der Waals surface area contributed by atoms with Crippen molar-refractivity contribution in [1.82, 2.24) is 14.9 Å². The Morgan fingerprint density at radius 1 is 1.17 bits per heavy atom. The summed E-state index contributed by atoms with van der Waals surface area (Å²) >= 11 is 0. The summed E-state index contributed by atoms with van der Waals surface area (Å²) in [4.78, 5) is 15.6. The molecule has 3 saturated heterocycles. The van der Waals surface area contributed by atoms with Crippen LogP contribution in [0.5, 0.6) is 0 Å². The van der Waals surface area contributed by atoms with Crippen LogP contribution in [0.1, 0.15) is 119 Å². The Morgan fingerprint density at radius 2 is 2.00 bits per heavy atom. The highest BCUT2D eigenvalue weighted by Gasteiger charge is 2.50. The third kappa shape index (κ3) is 4.11. The number of rotatable bonds is 5. The Hall–Kier alpha value is -2.72. The number of aromatic nitrogens is 2. The van der Waals surface area contributed by atoms with Crippen LogP contribution in [-0.2, 0) is 24.7 Å². The predicted octanol–water partition coefficient (Wildman–Crippen LogP) is 6.39. The maximum atomic E-state index is 14.5. The van der Waals surface area contributed by atoms with Crippen LogP contribution in [0.2, 0.25) is 0 Å². The Balaban J connectivity index is 1.29. The van der Waals surface area contributed by atoms with E-state index in [2.05, 4.69) is 49.6 Å². The minimum Gasteiger partial charge on any atom is -0.398 e. The molecular formula is C35H47FN6. The summed E-state index contributed by atoms with van der Waals surface area (Å²) in [5, 5.41) is 10.2. The zero-order valence-electron chi connectivity index (χ0n) is 26.0. The summed E-state index contributed by atoms with van der Waals surface area (Å²) in [5.74, 6) is 3.12. The minimum absolute atomic E-state index is 0.0267. The lowest BCUT2D eigenvalue weighted by molar-refractivity contribution is 0.180. The first kappa shape index (κ1) is 28.1. The second-order valence-corrected chi connectivity index (χ2v) is 14.8. The standard InChI is InChI=1S/C35H47FN6/c1-5-23-20-42(33(23,3)4)32-26-10-14-34(13-9-22(2)25-7-8-28(38)27(19-37)31(25)34)18-29(26)39-30(40-32)11-15-35-12-6-16-41(35)21-24(36)17-35/h7-8,22-24H,5-6,9-18,20-21,38H2,1-4H3. The average molecular weight is 571 g/mol. The molecule has 5 aliphatic rings. The van der Waals surface area contributed by atoms with Crippen molar-refractivity contribution in [3.05, 3.63) is 45.9 Å². The Kier molecular flexibility index (Phi) is 6.62. The van der Waals surface area contributed by atoms with Crippen LogP contribution >= 0.6 is 0 Å². The molecule has 3 aliphatic heterocycles. The van der Waals surface area contributed by atoms with Gasteiger partial charge in [-0.3, -0.25) is 4.90 Å². The van der Waals surface area contributed by atoms with Crippen LogP contribution in [0.25, 0.3) is 0 Å². The molecule has 42 heavy (non-hydrogen) atoms. The van der Waals surface area contributed by atoms with E-state index >= 15 is 0 Å². The van der Waals surface area contributed by atoms with Crippen molar-refractivity contribution >= 4 is 11.5 Å². The Morgan fingerprint density at radius 3 is 2.76 bits per heavy atom. The summed E-state index contributed by atoms with van der Waals surface area (Å²) in [6, 6.07) is 6.59. The van der Waals surface area contributed by atoms with Gasteiger partial charge in [0.2, 0.25) is 0 Å². The van der Waals surface area contributed by atoms with E-state index in [0.717, 1.165) is 82.5 Å². The van der Waals surface area contributed by atoms with Crippen LogP contribution in [0, 0.1) is 17.2 Å². The third-order valence-electron chi connectivity index (χ3n) is 12.4. The molecule has 0 radical (unpaired) electrons. The van der Waals surface area contributed by atoms with E-state index in [0.29, 0.717) is 36.1 Å². The molecule has 2 N–H and O–H groups in total. The van der Waals surface area contributed by atoms with Gasteiger partial charge in [-0.25, -0.2) is 14.4 Å². The minimum atomic E-state index is -0.714. The average Bonchev–Trinajstić information content (AvgIpc) is 3.49.